The highest BCUT2D eigenvalue weighted by atomic mass is 15.3. The Balaban J connectivity index is 1.86. The van der Waals surface area contributed by atoms with E-state index in [0.717, 1.165) is 12.5 Å². The molecule has 1 aliphatic carbocycles. The van der Waals surface area contributed by atoms with E-state index >= 15 is 0 Å². The zero-order valence-electron chi connectivity index (χ0n) is 12.4. The Bertz CT molecular complexity index is 487. The highest BCUT2D eigenvalue weighted by Gasteiger charge is 2.34. The molecular formula is C17H25N3. The zero-order chi connectivity index (χ0) is 13.9. The van der Waals surface area contributed by atoms with Crippen molar-refractivity contribution < 1.29 is 0 Å². The molecule has 1 heterocycles. The van der Waals surface area contributed by atoms with E-state index in [1.54, 1.807) is 0 Å². The highest BCUT2D eigenvalue weighted by molar-refractivity contribution is 5.97. The van der Waals surface area contributed by atoms with Crippen LogP contribution in [-0.2, 0) is 0 Å². The lowest BCUT2D eigenvalue weighted by molar-refractivity contribution is 0.389. The molecular weight excluding hydrogens is 246 g/mol. The molecule has 1 aromatic carbocycles. The summed E-state index contributed by atoms with van der Waals surface area (Å²) in [6.07, 6.45) is 8.17. The fourth-order valence-corrected chi connectivity index (χ4v) is 3.71. The molecule has 0 bridgehead atoms. The van der Waals surface area contributed by atoms with Crippen LogP contribution in [0.25, 0.3) is 0 Å². The average Bonchev–Trinajstić information content (AvgIpc) is 2.67. The Labute approximate surface area is 121 Å². The van der Waals surface area contributed by atoms with Crippen molar-refractivity contribution in [3.05, 3.63) is 29.8 Å². The number of guanidine groups is 1. The average molecular weight is 271 g/mol. The maximum atomic E-state index is 6.19. The summed E-state index contributed by atoms with van der Waals surface area (Å²) in [6.45, 7) is 3.02. The van der Waals surface area contributed by atoms with Crippen molar-refractivity contribution >= 4 is 11.6 Å². The summed E-state index contributed by atoms with van der Waals surface area (Å²) in [6, 6.07) is 8.98. The van der Waals surface area contributed by atoms with E-state index in [1.165, 1.54) is 49.8 Å². The first-order chi connectivity index (χ1) is 9.77. The van der Waals surface area contributed by atoms with Crippen LogP contribution < -0.4 is 10.6 Å². The first-order valence-electron chi connectivity index (χ1n) is 7.92. The standard InChI is InChI=1S/C17H25N3/c1-13-8-6-7-11-15(13)20-16(12-19-17(20)18)14-9-4-2-3-5-10-14/h6-8,11,14,16H,2-5,9-10,12H2,1H3,(H2,18,19). The van der Waals surface area contributed by atoms with E-state index in [2.05, 4.69) is 41.1 Å². The molecule has 0 saturated heterocycles. The minimum absolute atomic E-state index is 0.467. The second kappa shape index (κ2) is 5.86. The van der Waals surface area contributed by atoms with Crippen LogP contribution in [0.1, 0.15) is 44.1 Å². The summed E-state index contributed by atoms with van der Waals surface area (Å²) >= 11 is 0. The maximum absolute atomic E-state index is 6.19. The van der Waals surface area contributed by atoms with Gasteiger partial charge in [0.1, 0.15) is 0 Å². The molecule has 0 spiro atoms. The molecule has 20 heavy (non-hydrogen) atoms. The van der Waals surface area contributed by atoms with E-state index in [4.69, 9.17) is 5.73 Å². The largest absolute Gasteiger partial charge is 0.370 e. The van der Waals surface area contributed by atoms with Gasteiger partial charge in [-0.2, -0.15) is 0 Å². The SMILES string of the molecule is Cc1ccccc1N1C(N)=NCC1C1CCCCCC1. The van der Waals surface area contributed by atoms with Crippen LogP contribution in [0.3, 0.4) is 0 Å². The topological polar surface area (TPSA) is 41.6 Å². The Hall–Kier alpha value is -1.51. The van der Waals surface area contributed by atoms with Crippen molar-refractivity contribution in [1.29, 1.82) is 0 Å². The van der Waals surface area contributed by atoms with E-state index in [9.17, 15) is 0 Å². The van der Waals surface area contributed by atoms with Gasteiger partial charge in [0, 0.05) is 5.69 Å². The fourth-order valence-electron chi connectivity index (χ4n) is 3.71. The number of hydrogen-bond donors (Lipinski definition) is 1. The van der Waals surface area contributed by atoms with Gasteiger partial charge in [0.05, 0.1) is 12.6 Å². The minimum atomic E-state index is 0.467. The molecule has 1 unspecified atom stereocenters. The predicted octanol–water partition coefficient (Wildman–Crippen LogP) is 3.47. The van der Waals surface area contributed by atoms with Gasteiger partial charge in [-0.15, -0.1) is 0 Å². The summed E-state index contributed by atoms with van der Waals surface area (Å²) in [5.41, 5.74) is 8.71. The number of benzene rings is 1. The monoisotopic (exact) mass is 271 g/mol. The smallest absolute Gasteiger partial charge is 0.196 e. The highest BCUT2D eigenvalue weighted by Crippen LogP contribution is 2.34. The maximum Gasteiger partial charge on any atom is 0.196 e. The summed E-state index contributed by atoms with van der Waals surface area (Å²) in [5.74, 6) is 1.44. The third kappa shape index (κ3) is 2.54. The van der Waals surface area contributed by atoms with Gasteiger partial charge in [0.15, 0.2) is 5.96 Å². The molecule has 3 heteroatoms. The fraction of sp³-hybridized carbons (Fsp3) is 0.588. The van der Waals surface area contributed by atoms with Crippen molar-refractivity contribution in [2.45, 2.75) is 51.5 Å². The molecule has 2 aliphatic rings. The number of aryl methyl sites for hydroxylation is 1. The second-order valence-corrected chi connectivity index (χ2v) is 6.17. The van der Waals surface area contributed by atoms with Gasteiger partial charge in [-0.1, -0.05) is 43.9 Å². The Morgan fingerprint density at radius 1 is 1.10 bits per heavy atom. The van der Waals surface area contributed by atoms with Crippen LogP contribution >= 0.6 is 0 Å². The Morgan fingerprint density at radius 2 is 1.80 bits per heavy atom. The first-order valence-corrected chi connectivity index (χ1v) is 7.92. The minimum Gasteiger partial charge on any atom is -0.370 e. The number of nitrogens with zero attached hydrogens (tertiary/aromatic N) is 2. The summed E-state index contributed by atoms with van der Waals surface area (Å²) in [4.78, 5) is 6.84. The van der Waals surface area contributed by atoms with Gasteiger partial charge in [-0.05, 0) is 37.3 Å². The summed E-state index contributed by atoms with van der Waals surface area (Å²) < 4.78 is 0. The van der Waals surface area contributed by atoms with Crippen molar-refractivity contribution in [2.75, 3.05) is 11.4 Å². The molecule has 3 rings (SSSR count). The van der Waals surface area contributed by atoms with Crippen molar-refractivity contribution in [3.63, 3.8) is 0 Å². The third-order valence-electron chi connectivity index (χ3n) is 4.84. The van der Waals surface area contributed by atoms with Crippen LogP contribution in [0.4, 0.5) is 5.69 Å². The molecule has 0 radical (unpaired) electrons. The van der Waals surface area contributed by atoms with Gasteiger partial charge in [0.25, 0.3) is 0 Å². The quantitative estimate of drug-likeness (QED) is 0.837. The predicted molar refractivity (Wildman–Crippen MR) is 85.1 cm³/mol. The summed E-state index contributed by atoms with van der Waals surface area (Å²) in [7, 11) is 0. The van der Waals surface area contributed by atoms with Crippen LogP contribution in [-0.4, -0.2) is 18.5 Å². The molecule has 1 aromatic rings. The molecule has 1 atom stereocenters. The number of para-hydroxylation sites is 1. The van der Waals surface area contributed by atoms with Crippen molar-refractivity contribution in [2.24, 2.45) is 16.6 Å². The molecule has 1 fully saturated rings. The molecule has 3 nitrogen and oxygen atoms in total. The second-order valence-electron chi connectivity index (χ2n) is 6.17. The Morgan fingerprint density at radius 3 is 2.50 bits per heavy atom. The van der Waals surface area contributed by atoms with Crippen molar-refractivity contribution in [3.8, 4) is 0 Å². The van der Waals surface area contributed by atoms with E-state index in [1.807, 2.05) is 0 Å². The normalized spacial score (nSPS) is 24.6. The zero-order valence-corrected chi connectivity index (χ0v) is 12.4. The Kier molecular flexibility index (Phi) is 3.95. The van der Waals surface area contributed by atoms with Gasteiger partial charge in [0.2, 0.25) is 0 Å². The molecule has 1 saturated carbocycles. The lowest BCUT2D eigenvalue weighted by Gasteiger charge is -2.33. The van der Waals surface area contributed by atoms with Crippen molar-refractivity contribution in [1.82, 2.24) is 0 Å². The number of rotatable bonds is 2. The number of anilines is 1. The van der Waals surface area contributed by atoms with Gasteiger partial charge in [-0.25, -0.2) is 0 Å². The molecule has 0 amide bonds. The first kappa shape index (κ1) is 13.5. The van der Waals surface area contributed by atoms with Crippen LogP contribution in [0.2, 0.25) is 0 Å². The molecule has 108 valence electrons. The van der Waals surface area contributed by atoms with E-state index in [-0.39, 0.29) is 0 Å². The number of aliphatic imine (C=N–C) groups is 1. The van der Waals surface area contributed by atoms with E-state index in [0.29, 0.717) is 12.0 Å². The van der Waals surface area contributed by atoms with Crippen LogP contribution in [0.15, 0.2) is 29.3 Å². The van der Waals surface area contributed by atoms with Gasteiger partial charge in [-0.3, -0.25) is 4.99 Å². The third-order valence-corrected chi connectivity index (χ3v) is 4.84. The lowest BCUT2D eigenvalue weighted by atomic mass is 9.90. The number of nitrogens with two attached hydrogens (primary N) is 1. The summed E-state index contributed by atoms with van der Waals surface area (Å²) in [5, 5.41) is 0. The van der Waals surface area contributed by atoms with E-state index < -0.39 is 0 Å². The van der Waals surface area contributed by atoms with Gasteiger partial charge >= 0.3 is 0 Å². The molecule has 1 aliphatic heterocycles. The molecule has 2 N–H and O–H groups in total. The number of hydrogen-bond acceptors (Lipinski definition) is 3. The lowest BCUT2D eigenvalue weighted by Crippen LogP contribution is -2.45. The van der Waals surface area contributed by atoms with Crippen LogP contribution in [0.5, 0.6) is 0 Å². The van der Waals surface area contributed by atoms with Gasteiger partial charge < -0.3 is 10.6 Å². The molecule has 0 aromatic heterocycles. The van der Waals surface area contributed by atoms with Crippen LogP contribution in [0, 0.1) is 12.8 Å².